The second kappa shape index (κ2) is 15.7. The Bertz CT molecular complexity index is 9.61. The van der Waals surface area contributed by atoms with E-state index >= 15 is 0 Å². The van der Waals surface area contributed by atoms with E-state index in [1.165, 1.54) is 0 Å². The van der Waals surface area contributed by atoms with Gasteiger partial charge >= 0.3 is 0 Å². The van der Waals surface area contributed by atoms with Crippen LogP contribution < -0.4 is 0 Å². The molecule has 7 radical (unpaired) electrons. The van der Waals surface area contributed by atoms with Crippen molar-refractivity contribution in [1.82, 2.24) is 0 Å². The van der Waals surface area contributed by atoms with Crippen LogP contribution in [0.2, 0.25) is 0 Å². The van der Waals surface area contributed by atoms with Gasteiger partial charge in [0.1, 0.15) is 46.0 Å². The molecule has 0 atom stereocenters. The molecule has 0 aliphatic rings. The van der Waals surface area contributed by atoms with E-state index in [4.69, 9.17) is 0 Å². The summed E-state index contributed by atoms with van der Waals surface area (Å²) in [6.07, 6.45) is 0. The fraction of sp³-hybridized carbons (Fsp3) is 0. The molecule has 0 spiro atoms. The molecule has 0 bridgehead atoms. The fourth-order valence-electron chi connectivity index (χ4n) is 0. The Hall–Kier alpha value is 3.23. The zero-order valence-electron chi connectivity index (χ0n) is 2.11. The molecule has 0 rings (SSSR count). The summed E-state index contributed by atoms with van der Waals surface area (Å²) in [5.74, 6) is 0. The third kappa shape index (κ3) is 19.0. The van der Waals surface area contributed by atoms with Crippen LogP contribution in [0, 0.1) is 0 Å². The first-order chi connectivity index (χ1) is 1.41. The van der Waals surface area contributed by atoms with Crippen LogP contribution in [0.4, 0.5) is 0 Å². The Morgan fingerprint density at radius 3 is 1.20 bits per heavy atom. The Kier molecular flexibility index (Phi) is 49.3. The molecule has 0 aliphatic heterocycles. The molecule has 0 saturated heterocycles. The van der Waals surface area contributed by atoms with Crippen LogP contribution in [-0.2, 0) is 1.40 Å². The first-order valence-electron chi connectivity index (χ1n) is 0.309. The molecule has 5 heteroatoms. The van der Waals surface area contributed by atoms with Crippen molar-refractivity contribution >= 4 is 99.5 Å². The normalized spacial score (nSPS) is 3.60. The maximum Gasteiger partial charge on any atom is 0.124 e. The molecule has 0 saturated carbocycles. The largest absolute Gasteiger partial charge is 0.247 e. The van der Waals surface area contributed by atoms with Crippen molar-refractivity contribution in [3.05, 3.63) is 0 Å². The molecule has 5 heavy (non-hydrogen) atoms. The zero-order valence-corrected chi connectivity index (χ0v) is 13.8. The smallest absolute Gasteiger partial charge is 0.124 e. The van der Waals surface area contributed by atoms with Crippen LogP contribution in [0.3, 0.4) is 0 Å². The molecular formula is BiI2OPb. The van der Waals surface area contributed by atoms with Crippen molar-refractivity contribution < 1.29 is 1.40 Å². The maximum atomic E-state index is 4.19. The zero-order chi connectivity index (χ0) is 2.71. The Morgan fingerprint density at radius 2 is 1.20 bits per heavy atom. The summed E-state index contributed by atoms with van der Waals surface area (Å²) in [5, 5.41) is 0. The fourth-order valence-corrected chi connectivity index (χ4v) is 0. The summed E-state index contributed by atoms with van der Waals surface area (Å²) >= 11 is 3.55. The van der Waals surface area contributed by atoms with Gasteiger partial charge < -0.3 is 0 Å². The van der Waals surface area contributed by atoms with E-state index in [1.807, 2.05) is 0 Å². The summed E-state index contributed by atoms with van der Waals surface area (Å²) in [7, 11) is 0. The van der Waals surface area contributed by atoms with E-state index in [-0.39, 0.29) is 53.5 Å². The predicted molar refractivity (Wildman–Crippen MR) is 40.6 cm³/mol. The van der Waals surface area contributed by atoms with Gasteiger partial charge in [0.2, 0.25) is 0 Å². The van der Waals surface area contributed by atoms with E-state index in [0.717, 1.165) is 0 Å². The average Bonchev–Trinajstić information content (AvgIpc) is 0.918. The molecule has 0 aromatic rings. The van der Waals surface area contributed by atoms with E-state index in [2.05, 4.69) is 1.40 Å². The van der Waals surface area contributed by atoms with Gasteiger partial charge in [-0.1, -0.05) is 0 Å². The second-order valence-corrected chi connectivity index (χ2v) is 2.62. The Balaban J connectivity index is -0.0000000200. The summed E-state index contributed by atoms with van der Waals surface area (Å²) in [6, 6.07) is 0. The molecule has 0 heterocycles. The maximum absolute atomic E-state index is 4.19. The second-order valence-electron chi connectivity index (χ2n) is 0.0583. The molecule has 0 aliphatic carbocycles. The van der Waals surface area contributed by atoms with Crippen LogP contribution in [0.15, 0.2) is 0 Å². The summed E-state index contributed by atoms with van der Waals surface area (Å²) in [5.41, 5.74) is 0. The van der Waals surface area contributed by atoms with Gasteiger partial charge in [0.25, 0.3) is 0 Å². The Morgan fingerprint density at radius 1 is 1.20 bits per heavy atom. The third-order valence-electron chi connectivity index (χ3n) is 0. The van der Waals surface area contributed by atoms with Crippen molar-refractivity contribution in [2.45, 2.75) is 0 Å². The summed E-state index contributed by atoms with van der Waals surface area (Å²) in [6.45, 7) is 0. The molecule has 0 amide bonds. The molecule has 1 nitrogen and oxygen atoms in total. The molecule has 0 unspecified atom stereocenters. The van der Waals surface area contributed by atoms with Gasteiger partial charge in [0.05, 0.1) is 0 Å². The number of rotatable bonds is 0. The summed E-state index contributed by atoms with van der Waals surface area (Å²) in [4.78, 5) is 0. The number of hydrogen-bond acceptors (Lipinski definition) is 1. The van der Waals surface area contributed by atoms with E-state index in [1.54, 1.807) is 46.0 Å². The molecular weight excluding hydrogens is 686 g/mol. The van der Waals surface area contributed by atoms with Gasteiger partial charge in [-0.15, -0.1) is 0 Å². The van der Waals surface area contributed by atoms with Gasteiger partial charge in [0, 0.05) is 53.5 Å². The van der Waals surface area contributed by atoms with Crippen LogP contribution in [0.5, 0.6) is 0 Å². The van der Waals surface area contributed by atoms with E-state index < -0.39 is 0 Å². The quantitative estimate of drug-likeness (QED) is 0.273. The van der Waals surface area contributed by atoms with E-state index in [9.17, 15) is 0 Å². The molecule has 0 fully saturated rings. The summed E-state index contributed by atoms with van der Waals surface area (Å²) < 4.78 is 4.19. The molecule has 0 aromatic heterocycles. The standard InChI is InChI=1S/Bi.I2O.Pb/c;1-3-2;. The minimum absolute atomic E-state index is 0. The van der Waals surface area contributed by atoms with Crippen molar-refractivity contribution in [3.63, 3.8) is 0 Å². The average molecular weight is 686 g/mol. The van der Waals surface area contributed by atoms with Crippen molar-refractivity contribution in [2.24, 2.45) is 0 Å². The first kappa shape index (κ1) is 15.7. The third-order valence-corrected chi connectivity index (χ3v) is 0. The van der Waals surface area contributed by atoms with Gasteiger partial charge in [-0.3, -0.25) is 0 Å². The van der Waals surface area contributed by atoms with Gasteiger partial charge in [-0.2, -0.15) is 0 Å². The van der Waals surface area contributed by atoms with Crippen LogP contribution in [0.25, 0.3) is 0 Å². The van der Waals surface area contributed by atoms with Crippen molar-refractivity contribution in [2.75, 3.05) is 0 Å². The molecule has 0 aromatic carbocycles. The first-order valence-corrected chi connectivity index (χ1v) is 2.07. The minimum Gasteiger partial charge on any atom is -0.247 e. The SMILES string of the molecule is IOI.[Bi].[Pb]. The van der Waals surface area contributed by atoms with Crippen LogP contribution in [-0.4, -0.2) is 53.5 Å². The van der Waals surface area contributed by atoms with Crippen molar-refractivity contribution in [3.8, 4) is 0 Å². The van der Waals surface area contributed by atoms with Crippen LogP contribution >= 0.6 is 46.0 Å². The van der Waals surface area contributed by atoms with Gasteiger partial charge in [-0.25, -0.2) is 1.40 Å². The van der Waals surface area contributed by atoms with E-state index in [0.29, 0.717) is 0 Å². The van der Waals surface area contributed by atoms with Gasteiger partial charge in [-0.05, 0) is 0 Å². The minimum atomic E-state index is 0. The number of hydrogen-bond donors (Lipinski definition) is 0. The number of halogens is 2. The van der Waals surface area contributed by atoms with Crippen molar-refractivity contribution in [1.29, 1.82) is 0 Å². The molecule has 29 valence electrons. The van der Waals surface area contributed by atoms with Crippen LogP contribution in [0.1, 0.15) is 0 Å². The van der Waals surface area contributed by atoms with Gasteiger partial charge in [0.15, 0.2) is 0 Å². The monoisotopic (exact) mass is 687 g/mol. The Labute approximate surface area is 98.6 Å². The molecule has 0 N–H and O–H groups in total. The topological polar surface area (TPSA) is 9.23 Å². The predicted octanol–water partition coefficient (Wildman–Crippen LogP) is 0.941.